The molecule has 0 aliphatic carbocycles. The van der Waals surface area contributed by atoms with Crippen molar-refractivity contribution in [1.82, 2.24) is 0 Å². The highest BCUT2D eigenvalue weighted by Crippen LogP contribution is 2.15. The fourth-order valence-corrected chi connectivity index (χ4v) is 6.36. The Hall–Kier alpha value is -3.93. The van der Waals surface area contributed by atoms with Gasteiger partial charge >= 0.3 is 17.9 Å². The van der Waals surface area contributed by atoms with Crippen LogP contribution in [0.5, 0.6) is 0 Å². The summed E-state index contributed by atoms with van der Waals surface area (Å²) in [6, 6.07) is 0. The minimum atomic E-state index is -0.816. The lowest BCUT2D eigenvalue weighted by Crippen LogP contribution is -2.30. The molecule has 0 fully saturated rings. The first kappa shape index (κ1) is 57.1. The Balaban J connectivity index is 4.53. The van der Waals surface area contributed by atoms with Crippen molar-refractivity contribution < 1.29 is 28.6 Å². The Morgan fingerprint density at radius 2 is 0.656 bits per heavy atom. The predicted octanol–water partition coefficient (Wildman–Crippen LogP) is 16.0. The Bertz CT molecular complexity index is 1290. The molecule has 0 bridgehead atoms. The van der Waals surface area contributed by atoms with E-state index in [9.17, 15) is 14.4 Å². The van der Waals surface area contributed by atoms with Gasteiger partial charge in [0.05, 0.1) is 0 Å². The first-order valence-corrected chi connectivity index (χ1v) is 24.5. The van der Waals surface area contributed by atoms with Crippen molar-refractivity contribution in [1.29, 1.82) is 0 Å². The summed E-state index contributed by atoms with van der Waals surface area (Å²) < 4.78 is 16.7. The van der Waals surface area contributed by atoms with Crippen LogP contribution in [0.3, 0.4) is 0 Å². The summed E-state index contributed by atoms with van der Waals surface area (Å²) in [5.41, 5.74) is 0. The summed E-state index contributed by atoms with van der Waals surface area (Å²) in [6.07, 6.45) is 65.0. The van der Waals surface area contributed by atoms with Gasteiger partial charge in [0.15, 0.2) is 6.10 Å². The van der Waals surface area contributed by atoms with E-state index in [-0.39, 0.29) is 37.5 Å². The highest BCUT2D eigenvalue weighted by atomic mass is 16.6. The van der Waals surface area contributed by atoms with E-state index >= 15 is 0 Å². The van der Waals surface area contributed by atoms with Gasteiger partial charge in [-0.05, 0) is 51.4 Å². The third-order valence-electron chi connectivity index (χ3n) is 10.00. The lowest BCUT2D eigenvalue weighted by atomic mass is 10.0. The van der Waals surface area contributed by atoms with Crippen LogP contribution in [0.2, 0.25) is 0 Å². The number of ether oxygens (including phenoxy) is 3. The zero-order valence-corrected chi connectivity index (χ0v) is 39.1. The van der Waals surface area contributed by atoms with Crippen LogP contribution in [0.25, 0.3) is 0 Å². The van der Waals surface area contributed by atoms with E-state index in [1.54, 1.807) is 0 Å². The van der Waals surface area contributed by atoms with Crippen LogP contribution in [0.1, 0.15) is 201 Å². The second-order valence-electron chi connectivity index (χ2n) is 15.8. The molecular weight excluding hydrogens is 757 g/mol. The van der Waals surface area contributed by atoms with E-state index in [1.807, 2.05) is 79.0 Å². The number of carbonyl (C=O) groups excluding carboxylic acids is 3. The van der Waals surface area contributed by atoms with Gasteiger partial charge in [-0.3, -0.25) is 14.4 Å². The van der Waals surface area contributed by atoms with Crippen LogP contribution in [-0.2, 0) is 28.6 Å². The zero-order valence-electron chi connectivity index (χ0n) is 39.1. The summed E-state index contributed by atoms with van der Waals surface area (Å²) in [5, 5.41) is 0. The van der Waals surface area contributed by atoms with Crippen LogP contribution in [0, 0.1) is 0 Å². The predicted molar refractivity (Wildman–Crippen MR) is 260 cm³/mol. The quantitative estimate of drug-likeness (QED) is 0.0264. The third-order valence-corrected chi connectivity index (χ3v) is 10.00. The Kier molecular flexibility index (Phi) is 45.6. The molecule has 0 heterocycles. The third kappa shape index (κ3) is 47.0. The number of allylic oxidation sites excluding steroid dienone is 18. The van der Waals surface area contributed by atoms with Crippen LogP contribution in [0.15, 0.2) is 109 Å². The molecule has 0 aromatic carbocycles. The summed E-state index contributed by atoms with van der Waals surface area (Å²) in [6.45, 7) is 6.26. The van der Waals surface area contributed by atoms with Crippen molar-refractivity contribution >= 4 is 17.9 Å². The van der Waals surface area contributed by atoms with E-state index in [2.05, 4.69) is 51.2 Å². The van der Waals surface area contributed by atoms with Gasteiger partial charge in [-0.2, -0.15) is 0 Å². The second-order valence-corrected chi connectivity index (χ2v) is 15.8. The normalized spacial score (nSPS) is 13.0. The minimum Gasteiger partial charge on any atom is -0.462 e. The van der Waals surface area contributed by atoms with Gasteiger partial charge < -0.3 is 14.2 Å². The highest BCUT2D eigenvalue weighted by Gasteiger charge is 2.19. The average molecular weight is 845 g/mol. The molecule has 1 atom stereocenters. The molecule has 344 valence electrons. The lowest BCUT2D eigenvalue weighted by Gasteiger charge is -2.18. The van der Waals surface area contributed by atoms with Gasteiger partial charge in [-0.15, -0.1) is 0 Å². The summed E-state index contributed by atoms with van der Waals surface area (Å²) in [7, 11) is 0. The summed E-state index contributed by atoms with van der Waals surface area (Å²) in [5.74, 6) is -1.02. The standard InChI is InChI=1S/C55H88O6/c1-4-7-10-13-16-19-22-25-27-30-33-36-39-42-45-48-54(57)60-51-52(50-59-53(56)47-44-41-38-35-32-29-24-21-18-15-12-9-6-3)61-55(58)49-46-43-40-37-34-31-28-26-23-20-17-14-11-8-5-2/h7,9-10,12-13,15-16,18-19,21-22,24-25,27,29,32,35,38,52H,4-6,8,11,14,17,20,23,26,28,30-31,33-34,36-37,39-51H2,1-3H3/b10-7-,12-9-,16-13-,18-15-,22-19-,24-21-,27-25-,32-29-,38-35-. The van der Waals surface area contributed by atoms with Crippen molar-refractivity contribution in [3.8, 4) is 0 Å². The number of rotatable bonds is 42. The number of unbranched alkanes of at least 4 members (excludes halogenated alkanes) is 20. The van der Waals surface area contributed by atoms with Gasteiger partial charge in [-0.25, -0.2) is 0 Å². The van der Waals surface area contributed by atoms with Gasteiger partial charge in [0.25, 0.3) is 0 Å². The Morgan fingerprint density at radius 3 is 1.07 bits per heavy atom. The number of hydrogen-bond donors (Lipinski definition) is 0. The second kappa shape index (κ2) is 48.7. The van der Waals surface area contributed by atoms with Crippen molar-refractivity contribution in [2.24, 2.45) is 0 Å². The van der Waals surface area contributed by atoms with E-state index in [4.69, 9.17) is 14.2 Å². The van der Waals surface area contributed by atoms with Crippen molar-refractivity contribution in [3.63, 3.8) is 0 Å². The minimum absolute atomic E-state index is 0.114. The fraction of sp³-hybridized carbons (Fsp3) is 0.618. The number of carbonyl (C=O) groups is 3. The molecule has 0 aliphatic heterocycles. The maximum atomic E-state index is 12.8. The molecule has 0 saturated heterocycles. The smallest absolute Gasteiger partial charge is 0.306 e. The highest BCUT2D eigenvalue weighted by molar-refractivity contribution is 5.71. The maximum Gasteiger partial charge on any atom is 0.306 e. The molecule has 0 aromatic rings. The SMILES string of the molecule is CC\C=C/C=C\C=C/C=C\C=C/CCCC(=O)OCC(COC(=O)CCCCCCC\C=C/C=C\C=C/C=C\CC)OC(=O)CCCCCCCCCCCCCCCCC. The maximum absolute atomic E-state index is 12.8. The molecule has 0 rings (SSSR count). The molecular formula is C55H88O6. The monoisotopic (exact) mass is 845 g/mol. The molecule has 0 aliphatic rings. The molecule has 0 N–H and O–H groups in total. The molecule has 0 aromatic heterocycles. The van der Waals surface area contributed by atoms with Crippen LogP contribution < -0.4 is 0 Å². The fourth-order valence-electron chi connectivity index (χ4n) is 6.36. The van der Waals surface area contributed by atoms with E-state index in [0.29, 0.717) is 19.3 Å². The van der Waals surface area contributed by atoms with E-state index in [0.717, 1.165) is 77.0 Å². The summed E-state index contributed by atoms with van der Waals surface area (Å²) >= 11 is 0. The Morgan fingerprint density at radius 1 is 0.344 bits per heavy atom. The van der Waals surface area contributed by atoms with Crippen molar-refractivity contribution in [3.05, 3.63) is 109 Å². The van der Waals surface area contributed by atoms with Gasteiger partial charge in [0, 0.05) is 19.3 Å². The molecule has 0 amide bonds. The van der Waals surface area contributed by atoms with Crippen LogP contribution >= 0.6 is 0 Å². The van der Waals surface area contributed by atoms with E-state index in [1.165, 1.54) is 77.0 Å². The molecule has 0 radical (unpaired) electrons. The molecule has 6 heteroatoms. The number of hydrogen-bond acceptors (Lipinski definition) is 6. The van der Waals surface area contributed by atoms with Gasteiger partial charge in [0.2, 0.25) is 0 Å². The average Bonchev–Trinajstić information content (AvgIpc) is 3.26. The van der Waals surface area contributed by atoms with Gasteiger partial charge in [0.1, 0.15) is 13.2 Å². The molecule has 61 heavy (non-hydrogen) atoms. The molecule has 0 saturated carbocycles. The first-order chi connectivity index (χ1) is 30.0. The van der Waals surface area contributed by atoms with Gasteiger partial charge in [-0.1, -0.05) is 239 Å². The largest absolute Gasteiger partial charge is 0.462 e. The summed E-state index contributed by atoms with van der Waals surface area (Å²) in [4.78, 5) is 37.9. The molecule has 1 unspecified atom stereocenters. The first-order valence-electron chi connectivity index (χ1n) is 24.5. The molecule has 6 nitrogen and oxygen atoms in total. The molecule has 0 spiro atoms. The lowest BCUT2D eigenvalue weighted by molar-refractivity contribution is -0.167. The van der Waals surface area contributed by atoms with Crippen molar-refractivity contribution in [2.75, 3.05) is 13.2 Å². The van der Waals surface area contributed by atoms with E-state index < -0.39 is 6.10 Å². The zero-order chi connectivity index (χ0) is 44.4. The van der Waals surface area contributed by atoms with Crippen LogP contribution in [0.4, 0.5) is 0 Å². The Labute approximate surface area is 374 Å². The van der Waals surface area contributed by atoms with Crippen molar-refractivity contribution in [2.45, 2.75) is 207 Å². The van der Waals surface area contributed by atoms with Crippen LogP contribution in [-0.4, -0.2) is 37.2 Å². The number of esters is 3. The topological polar surface area (TPSA) is 78.9 Å².